The highest BCUT2D eigenvalue weighted by atomic mass is 35.5. The van der Waals surface area contributed by atoms with Crippen LogP contribution in [-0.2, 0) is 12.4 Å². The molecular weight excluding hydrogens is 263 g/mol. The highest BCUT2D eigenvalue weighted by Gasteiger charge is 2.13. The van der Waals surface area contributed by atoms with Crippen LogP contribution in [0.5, 0.6) is 0 Å². The Balaban J connectivity index is 2.30. The van der Waals surface area contributed by atoms with Crippen LogP contribution in [-0.4, -0.2) is 11.5 Å². The summed E-state index contributed by atoms with van der Waals surface area (Å²) in [6, 6.07) is 10.8. The maximum absolute atomic E-state index is 13.8. The third kappa shape index (κ3) is 3.24. The Morgan fingerprint density at radius 1 is 1.21 bits per heavy atom. The second-order valence-corrected chi connectivity index (χ2v) is 4.47. The van der Waals surface area contributed by atoms with Gasteiger partial charge in [-0.05, 0) is 31.2 Å². The van der Waals surface area contributed by atoms with Crippen LogP contribution in [0.2, 0.25) is 0 Å². The Bertz CT molecular complexity index is 531. The maximum Gasteiger partial charge on any atom is 0.129 e. The Morgan fingerprint density at radius 2 is 2.05 bits per heavy atom. The Morgan fingerprint density at radius 3 is 2.68 bits per heavy atom. The molecule has 2 aromatic rings. The fourth-order valence-electron chi connectivity index (χ4n) is 2.03. The van der Waals surface area contributed by atoms with Crippen molar-refractivity contribution in [2.24, 2.45) is 0 Å². The number of pyridine rings is 1. The molecule has 0 N–H and O–H groups in total. The van der Waals surface area contributed by atoms with Crippen LogP contribution in [0.15, 0.2) is 42.6 Å². The molecule has 0 spiro atoms. The molecule has 0 saturated heterocycles. The van der Waals surface area contributed by atoms with E-state index in [2.05, 4.69) is 9.88 Å². The normalized spacial score (nSPS) is 10.5. The predicted octanol–water partition coefficient (Wildman–Crippen LogP) is 3.99. The van der Waals surface area contributed by atoms with E-state index in [1.165, 1.54) is 6.07 Å². The molecule has 19 heavy (non-hydrogen) atoms. The number of aromatic nitrogens is 1. The summed E-state index contributed by atoms with van der Waals surface area (Å²) in [6.07, 6.45) is 1.76. The van der Waals surface area contributed by atoms with Crippen molar-refractivity contribution < 1.29 is 4.39 Å². The van der Waals surface area contributed by atoms with E-state index in [1.54, 1.807) is 12.3 Å². The van der Waals surface area contributed by atoms with Crippen LogP contribution in [0.3, 0.4) is 0 Å². The fraction of sp³-hybridized carbons (Fsp3) is 0.267. The van der Waals surface area contributed by atoms with Gasteiger partial charge in [-0.2, -0.15) is 0 Å². The lowest BCUT2D eigenvalue weighted by atomic mass is 10.1. The molecule has 0 amide bonds. The molecule has 2 rings (SSSR count). The van der Waals surface area contributed by atoms with Crippen molar-refractivity contribution in [3.8, 4) is 0 Å². The van der Waals surface area contributed by atoms with E-state index < -0.39 is 0 Å². The van der Waals surface area contributed by atoms with E-state index in [0.717, 1.165) is 17.9 Å². The zero-order valence-electron chi connectivity index (χ0n) is 10.8. The Kier molecular flexibility index (Phi) is 4.74. The van der Waals surface area contributed by atoms with Gasteiger partial charge >= 0.3 is 0 Å². The number of nitrogens with zero attached hydrogens (tertiary/aromatic N) is 2. The lowest BCUT2D eigenvalue weighted by molar-refractivity contribution is 0.615. The summed E-state index contributed by atoms with van der Waals surface area (Å²) in [6.45, 7) is 3.44. The van der Waals surface area contributed by atoms with E-state index in [9.17, 15) is 4.39 Å². The van der Waals surface area contributed by atoms with Crippen molar-refractivity contribution in [1.82, 2.24) is 4.98 Å². The van der Waals surface area contributed by atoms with Crippen molar-refractivity contribution in [3.05, 3.63) is 59.7 Å². The molecule has 0 radical (unpaired) electrons. The molecular formula is C15H16ClFN2. The monoisotopic (exact) mass is 278 g/mol. The van der Waals surface area contributed by atoms with Gasteiger partial charge in [0.25, 0.3) is 0 Å². The smallest absolute Gasteiger partial charge is 0.129 e. The van der Waals surface area contributed by atoms with E-state index in [-0.39, 0.29) is 11.7 Å². The lowest BCUT2D eigenvalue weighted by Crippen LogP contribution is -2.24. The molecule has 0 aliphatic heterocycles. The van der Waals surface area contributed by atoms with Gasteiger partial charge in [-0.25, -0.2) is 4.39 Å². The van der Waals surface area contributed by atoms with Gasteiger partial charge in [0.2, 0.25) is 0 Å². The number of rotatable bonds is 5. The van der Waals surface area contributed by atoms with Gasteiger partial charge in [0.1, 0.15) is 5.82 Å². The van der Waals surface area contributed by atoms with Gasteiger partial charge in [-0.1, -0.05) is 12.1 Å². The molecule has 100 valence electrons. The van der Waals surface area contributed by atoms with E-state index >= 15 is 0 Å². The lowest BCUT2D eigenvalue weighted by Gasteiger charge is -2.25. The van der Waals surface area contributed by atoms with Crippen LogP contribution in [0.4, 0.5) is 10.1 Å². The van der Waals surface area contributed by atoms with E-state index in [0.29, 0.717) is 12.1 Å². The minimum Gasteiger partial charge on any atom is -0.366 e. The summed E-state index contributed by atoms with van der Waals surface area (Å²) in [4.78, 5) is 6.37. The highest BCUT2D eigenvalue weighted by molar-refractivity contribution is 6.17. The van der Waals surface area contributed by atoms with Gasteiger partial charge in [-0.3, -0.25) is 4.98 Å². The van der Waals surface area contributed by atoms with Gasteiger partial charge in [-0.15, -0.1) is 11.6 Å². The maximum atomic E-state index is 13.8. The zero-order valence-corrected chi connectivity index (χ0v) is 11.6. The van der Waals surface area contributed by atoms with Crippen LogP contribution < -0.4 is 4.90 Å². The first-order valence-electron chi connectivity index (χ1n) is 6.24. The minimum absolute atomic E-state index is 0.167. The molecule has 4 heteroatoms. The summed E-state index contributed by atoms with van der Waals surface area (Å²) in [7, 11) is 0. The average molecular weight is 279 g/mol. The van der Waals surface area contributed by atoms with Crippen molar-refractivity contribution in [3.63, 3.8) is 0 Å². The Labute approximate surface area is 117 Å². The van der Waals surface area contributed by atoms with Crippen molar-refractivity contribution in [2.45, 2.75) is 19.3 Å². The van der Waals surface area contributed by atoms with Crippen LogP contribution in [0.1, 0.15) is 18.2 Å². The highest BCUT2D eigenvalue weighted by Crippen LogP contribution is 2.26. The van der Waals surface area contributed by atoms with Gasteiger partial charge in [0, 0.05) is 24.0 Å². The summed E-state index contributed by atoms with van der Waals surface area (Å²) in [5.74, 6) is -0.0900. The SMILES string of the molecule is CCN(Cc1ccccn1)c1cccc(F)c1CCl. The van der Waals surface area contributed by atoms with Crippen molar-refractivity contribution in [1.29, 1.82) is 0 Å². The zero-order chi connectivity index (χ0) is 13.7. The van der Waals surface area contributed by atoms with Gasteiger partial charge < -0.3 is 4.90 Å². The van der Waals surface area contributed by atoms with E-state index in [1.807, 2.05) is 31.2 Å². The molecule has 0 bridgehead atoms. The largest absolute Gasteiger partial charge is 0.366 e. The minimum atomic E-state index is -0.257. The van der Waals surface area contributed by atoms with Gasteiger partial charge in [0.15, 0.2) is 0 Å². The summed E-state index contributed by atoms with van der Waals surface area (Å²) < 4.78 is 13.8. The summed E-state index contributed by atoms with van der Waals surface area (Å²) >= 11 is 5.86. The third-order valence-electron chi connectivity index (χ3n) is 3.03. The molecule has 0 unspecified atom stereocenters. The van der Waals surface area contributed by atoms with Crippen LogP contribution in [0, 0.1) is 5.82 Å². The fourth-order valence-corrected chi connectivity index (χ4v) is 2.29. The number of hydrogen-bond acceptors (Lipinski definition) is 2. The van der Waals surface area contributed by atoms with Gasteiger partial charge in [0.05, 0.1) is 18.1 Å². The molecule has 0 fully saturated rings. The number of anilines is 1. The predicted molar refractivity (Wildman–Crippen MR) is 76.9 cm³/mol. The third-order valence-corrected chi connectivity index (χ3v) is 3.30. The molecule has 1 aromatic carbocycles. The molecule has 0 aliphatic rings. The standard InChI is InChI=1S/C15H16ClFN2/c1-2-19(11-12-6-3-4-9-18-12)15-8-5-7-14(17)13(15)10-16/h3-9H,2,10-11H2,1H3. The second kappa shape index (κ2) is 6.53. The number of halogens is 2. The molecule has 0 saturated carbocycles. The van der Waals surface area contributed by atoms with E-state index in [4.69, 9.17) is 11.6 Å². The number of benzene rings is 1. The Hall–Kier alpha value is -1.61. The summed E-state index contributed by atoms with van der Waals surface area (Å²) in [5, 5.41) is 0. The van der Waals surface area contributed by atoms with Crippen molar-refractivity contribution in [2.75, 3.05) is 11.4 Å². The molecule has 0 atom stereocenters. The number of hydrogen-bond donors (Lipinski definition) is 0. The molecule has 2 nitrogen and oxygen atoms in total. The second-order valence-electron chi connectivity index (χ2n) is 4.21. The quantitative estimate of drug-likeness (QED) is 0.769. The first-order valence-corrected chi connectivity index (χ1v) is 6.78. The van der Waals surface area contributed by atoms with Crippen molar-refractivity contribution >= 4 is 17.3 Å². The number of alkyl halides is 1. The average Bonchev–Trinajstić information content (AvgIpc) is 2.45. The molecule has 1 heterocycles. The summed E-state index contributed by atoms with van der Waals surface area (Å²) in [5.41, 5.74) is 2.33. The first-order chi connectivity index (χ1) is 9.26. The molecule has 1 aromatic heterocycles. The topological polar surface area (TPSA) is 16.1 Å². The first kappa shape index (κ1) is 13.8. The molecule has 0 aliphatic carbocycles. The van der Waals surface area contributed by atoms with Crippen LogP contribution >= 0.6 is 11.6 Å². The van der Waals surface area contributed by atoms with Crippen LogP contribution in [0.25, 0.3) is 0 Å².